The number of phenols is 1. The van der Waals surface area contributed by atoms with E-state index in [0.717, 1.165) is 24.2 Å². The van der Waals surface area contributed by atoms with Crippen LogP contribution in [0.25, 0.3) is 0 Å². The molecule has 1 heterocycles. The van der Waals surface area contributed by atoms with Crippen molar-refractivity contribution in [2.45, 2.75) is 58.4 Å². The average Bonchev–Trinajstić information content (AvgIpc) is 2.69. The van der Waals surface area contributed by atoms with Crippen molar-refractivity contribution >= 4 is 5.69 Å². The van der Waals surface area contributed by atoms with E-state index in [0.29, 0.717) is 5.75 Å². The fourth-order valence-corrected chi connectivity index (χ4v) is 4.88. The Bertz CT molecular complexity index is 876. The van der Waals surface area contributed by atoms with Crippen LogP contribution in [0.15, 0.2) is 36.4 Å². The van der Waals surface area contributed by atoms with Crippen LogP contribution in [0.3, 0.4) is 0 Å². The van der Waals surface area contributed by atoms with Crippen molar-refractivity contribution in [3.05, 3.63) is 58.7 Å². The van der Waals surface area contributed by atoms with Gasteiger partial charge in [0.15, 0.2) is 0 Å². The molecule has 0 unspecified atom stereocenters. The fraction of sp³-hybridized carbons (Fsp3) is 0.571. The van der Waals surface area contributed by atoms with E-state index >= 15 is 0 Å². The summed E-state index contributed by atoms with van der Waals surface area (Å²) in [5.74, 6) is 0.466. The molecular weight excluding hydrogens is 394 g/mol. The first-order valence-corrected chi connectivity index (χ1v) is 12.1. The lowest BCUT2D eigenvalue weighted by atomic mass is 9.77. The Hall–Kier alpha value is -2.04. The number of rotatable bonds is 4. The van der Waals surface area contributed by atoms with Crippen LogP contribution in [0.5, 0.6) is 5.75 Å². The zero-order chi connectivity index (χ0) is 23.8. The predicted molar refractivity (Wildman–Crippen MR) is 135 cm³/mol. The number of anilines is 1. The minimum atomic E-state index is -0.124. The standard InChI is InChI=1S/C28H43N3O/c1-27(2,3)23-18-21(19-24(26(23)32)28(4,5)6)25(31-16-14-30(9)15-17-31)20-10-12-22(13-11-20)29(7)8/h10-13,18-19,25,32H,14-17H2,1-9H3/p+2/t25-/m0/s1. The molecule has 0 aromatic heterocycles. The molecule has 176 valence electrons. The number of nitrogens with zero attached hydrogens (tertiary/aromatic N) is 1. The molecule has 0 aliphatic carbocycles. The molecule has 1 aliphatic rings. The predicted octanol–water partition coefficient (Wildman–Crippen LogP) is 2.56. The lowest BCUT2D eigenvalue weighted by Crippen LogP contribution is -3.27. The van der Waals surface area contributed by atoms with Crippen molar-refractivity contribution in [1.82, 2.24) is 0 Å². The summed E-state index contributed by atoms with van der Waals surface area (Å²) in [7, 11) is 6.48. The van der Waals surface area contributed by atoms with Gasteiger partial charge < -0.3 is 19.8 Å². The summed E-state index contributed by atoms with van der Waals surface area (Å²) < 4.78 is 0. The van der Waals surface area contributed by atoms with E-state index in [1.54, 1.807) is 9.80 Å². The minimum absolute atomic E-state index is 0.124. The van der Waals surface area contributed by atoms with Crippen molar-refractivity contribution in [3.63, 3.8) is 0 Å². The Labute approximate surface area is 195 Å². The number of hydrogen-bond donors (Lipinski definition) is 3. The molecule has 1 aliphatic heterocycles. The van der Waals surface area contributed by atoms with Crippen LogP contribution in [-0.2, 0) is 10.8 Å². The molecule has 3 rings (SSSR count). The van der Waals surface area contributed by atoms with E-state index in [1.807, 2.05) is 0 Å². The molecular formula is C28H45N3O+2. The summed E-state index contributed by atoms with van der Waals surface area (Å²) in [4.78, 5) is 5.39. The first-order chi connectivity index (χ1) is 14.8. The van der Waals surface area contributed by atoms with Crippen LogP contribution >= 0.6 is 0 Å². The number of piperazine rings is 1. The fourth-order valence-electron chi connectivity index (χ4n) is 4.88. The van der Waals surface area contributed by atoms with Crippen LogP contribution in [0.2, 0.25) is 0 Å². The number of phenolic OH excluding ortho intramolecular Hbond substituents is 1. The largest absolute Gasteiger partial charge is 0.507 e. The Balaban J connectivity index is 2.19. The van der Waals surface area contributed by atoms with E-state index in [4.69, 9.17) is 0 Å². The number of benzene rings is 2. The van der Waals surface area contributed by atoms with E-state index in [9.17, 15) is 5.11 Å². The monoisotopic (exact) mass is 439 g/mol. The Kier molecular flexibility index (Phi) is 6.97. The van der Waals surface area contributed by atoms with Crippen LogP contribution < -0.4 is 14.7 Å². The molecule has 0 amide bonds. The van der Waals surface area contributed by atoms with Gasteiger partial charge in [-0.3, -0.25) is 0 Å². The molecule has 1 saturated heterocycles. The van der Waals surface area contributed by atoms with Gasteiger partial charge in [-0.25, -0.2) is 0 Å². The SMILES string of the molecule is CN(C)c1ccc([C@@H](c2cc(C(C)(C)C)c(O)c(C(C)(C)C)c2)[NH+]2CC[NH+](C)CC2)cc1. The Morgan fingerprint density at radius 1 is 0.781 bits per heavy atom. The molecule has 0 bridgehead atoms. The summed E-state index contributed by atoms with van der Waals surface area (Å²) in [5.41, 5.74) is 5.76. The number of aromatic hydroxyl groups is 1. The minimum Gasteiger partial charge on any atom is -0.507 e. The first kappa shape index (κ1) is 24.6. The maximum atomic E-state index is 11.3. The molecule has 32 heavy (non-hydrogen) atoms. The summed E-state index contributed by atoms with van der Waals surface area (Å²) in [6.45, 7) is 17.9. The van der Waals surface area contributed by atoms with Crippen molar-refractivity contribution in [1.29, 1.82) is 0 Å². The summed E-state index contributed by atoms with van der Waals surface area (Å²) in [5, 5.41) is 11.3. The molecule has 3 N–H and O–H groups in total. The van der Waals surface area contributed by atoms with Crippen LogP contribution in [0, 0.1) is 0 Å². The Morgan fingerprint density at radius 3 is 1.66 bits per heavy atom. The number of likely N-dealkylation sites (N-methyl/N-ethyl adjacent to an activating group) is 1. The second-order valence-corrected chi connectivity index (χ2v) is 12.0. The zero-order valence-electron chi connectivity index (χ0n) is 21.8. The second kappa shape index (κ2) is 9.07. The number of hydrogen-bond acceptors (Lipinski definition) is 2. The van der Waals surface area contributed by atoms with Gasteiger partial charge in [0.25, 0.3) is 0 Å². The van der Waals surface area contributed by atoms with Gasteiger partial charge in [-0.2, -0.15) is 0 Å². The van der Waals surface area contributed by atoms with Gasteiger partial charge in [-0.1, -0.05) is 53.7 Å². The summed E-state index contributed by atoms with van der Waals surface area (Å²) in [6.07, 6.45) is 0. The van der Waals surface area contributed by atoms with Crippen LogP contribution in [0.1, 0.15) is 69.8 Å². The highest BCUT2D eigenvalue weighted by atomic mass is 16.3. The smallest absolute Gasteiger partial charge is 0.139 e. The molecule has 1 fully saturated rings. The van der Waals surface area contributed by atoms with Gasteiger partial charge in [-0.05, 0) is 35.1 Å². The molecule has 4 heteroatoms. The highest BCUT2D eigenvalue weighted by Gasteiger charge is 2.34. The molecule has 2 aromatic carbocycles. The zero-order valence-corrected chi connectivity index (χ0v) is 21.8. The number of quaternary nitrogens is 2. The summed E-state index contributed by atoms with van der Waals surface area (Å²) in [6, 6.07) is 13.9. The Morgan fingerprint density at radius 2 is 1.25 bits per heavy atom. The summed E-state index contributed by atoms with van der Waals surface area (Å²) >= 11 is 0. The van der Waals surface area contributed by atoms with Gasteiger partial charge in [0.05, 0.1) is 7.05 Å². The van der Waals surface area contributed by atoms with E-state index < -0.39 is 0 Å². The maximum Gasteiger partial charge on any atom is 0.139 e. The third kappa shape index (κ3) is 5.29. The van der Waals surface area contributed by atoms with Crippen molar-refractivity contribution in [2.24, 2.45) is 0 Å². The molecule has 2 aromatic rings. The van der Waals surface area contributed by atoms with E-state index in [2.05, 4.69) is 104 Å². The molecule has 0 radical (unpaired) electrons. The molecule has 4 nitrogen and oxygen atoms in total. The average molecular weight is 440 g/mol. The lowest BCUT2D eigenvalue weighted by molar-refractivity contribution is -1.02. The van der Waals surface area contributed by atoms with Gasteiger partial charge in [0, 0.05) is 42.0 Å². The topological polar surface area (TPSA) is 32.4 Å². The van der Waals surface area contributed by atoms with E-state index in [-0.39, 0.29) is 16.9 Å². The maximum absolute atomic E-state index is 11.3. The highest BCUT2D eigenvalue weighted by molar-refractivity contribution is 5.52. The molecule has 0 spiro atoms. The van der Waals surface area contributed by atoms with Crippen molar-refractivity contribution in [2.75, 3.05) is 52.2 Å². The van der Waals surface area contributed by atoms with Crippen LogP contribution in [0.4, 0.5) is 5.69 Å². The number of nitrogens with one attached hydrogen (secondary N) is 2. The van der Waals surface area contributed by atoms with Gasteiger partial charge >= 0.3 is 0 Å². The van der Waals surface area contributed by atoms with Crippen LogP contribution in [-0.4, -0.2) is 52.4 Å². The third-order valence-electron chi connectivity index (χ3n) is 6.98. The molecule has 1 atom stereocenters. The van der Waals surface area contributed by atoms with Gasteiger partial charge in [0.2, 0.25) is 0 Å². The van der Waals surface area contributed by atoms with Gasteiger partial charge in [-0.15, -0.1) is 0 Å². The second-order valence-electron chi connectivity index (χ2n) is 12.0. The first-order valence-electron chi connectivity index (χ1n) is 12.1. The van der Waals surface area contributed by atoms with Crippen molar-refractivity contribution in [3.8, 4) is 5.75 Å². The van der Waals surface area contributed by atoms with E-state index in [1.165, 1.54) is 29.9 Å². The lowest BCUT2D eigenvalue weighted by Gasteiger charge is -2.36. The van der Waals surface area contributed by atoms with Crippen molar-refractivity contribution < 1.29 is 14.9 Å². The van der Waals surface area contributed by atoms with Gasteiger partial charge in [0.1, 0.15) is 38.0 Å². The molecule has 0 saturated carbocycles. The highest BCUT2D eigenvalue weighted by Crippen LogP contribution is 2.41. The quantitative estimate of drug-likeness (QED) is 0.684. The normalized spacial score (nSPS) is 20.8. The third-order valence-corrected chi connectivity index (χ3v) is 6.98.